The van der Waals surface area contributed by atoms with Crippen molar-refractivity contribution >= 4 is 5.82 Å². The molecule has 1 aliphatic rings. The molecule has 0 aromatic carbocycles. The maximum Gasteiger partial charge on any atom is 0.141 e. The number of anilines is 1. The number of hydrogen-bond donors (Lipinski definition) is 1. The van der Waals surface area contributed by atoms with Gasteiger partial charge in [-0.15, -0.1) is 0 Å². The van der Waals surface area contributed by atoms with Gasteiger partial charge >= 0.3 is 0 Å². The highest BCUT2D eigenvalue weighted by Crippen LogP contribution is 2.30. The van der Waals surface area contributed by atoms with Crippen LogP contribution in [0.25, 0.3) is 0 Å². The molecule has 1 aliphatic heterocycles. The largest absolute Gasteiger partial charge is 0.353 e. The zero-order chi connectivity index (χ0) is 13.1. The van der Waals surface area contributed by atoms with Crippen LogP contribution in [0.3, 0.4) is 0 Å². The van der Waals surface area contributed by atoms with E-state index in [2.05, 4.69) is 29.0 Å². The number of hydrogen-bond acceptors (Lipinski definition) is 3. The molecule has 2 heterocycles. The van der Waals surface area contributed by atoms with Gasteiger partial charge in [-0.3, -0.25) is 0 Å². The van der Waals surface area contributed by atoms with Gasteiger partial charge in [-0.2, -0.15) is 0 Å². The summed E-state index contributed by atoms with van der Waals surface area (Å²) in [4.78, 5) is 6.67. The molecule has 0 aliphatic carbocycles. The van der Waals surface area contributed by atoms with Gasteiger partial charge in [0.25, 0.3) is 0 Å². The first-order valence-electron chi connectivity index (χ1n) is 6.69. The Bertz CT molecular complexity index is 406. The second-order valence-electron chi connectivity index (χ2n) is 5.31. The fraction of sp³-hybridized carbons (Fsp3) is 0.643. The average molecular weight is 251 g/mol. The SMILES string of the molecule is CNCc1cc(F)cnc1N1CCCC1C(C)C. The van der Waals surface area contributed by atoms with E-state index >= 15 is 0 Å². The zero-order valence-corrected chi connectivity index (χ0v) is 11.4. The van der Waals surface area contributed by atoms with Crippen LogP contribution in [-0.2, 0) is 6.54 Å². The molecule has 1 aromatic heterocycles. The van der Waals surface area contributed by atoms with E-state index in [1.807, 2.05) is 7.05 Å². The summed E-state index contributed by atoms with van der Waals surface area (Å²) in [6, 6.07) is 2.12. The van der Waals surface area contributed by atoms with Crippen LogP contribution in [0.5, 0.6) is 0 Å². The minimum atomic E-state index is -0.260. The Labute approximate surface area is 108 Å². The Kier molecular flexibility index (Phi) is 4.17. The van der Waals surface area contributed by atoms with Crippen LogP contribution in [0.1, 0.15) is 32.3 Å². The fourth-order valence-corrected chi connectivity index (χ4v) is 2.80. The average Bonchev–Trinajstić information content (AvgIpc) is 2.78. The molecule has 0 amide bonds. The third-order valence-corrected chi connectivity index (χ3v) is 3.62. The van der Waals surface area contributed by atoms with Crippen molar-refractivity contribution < 1.29 is 4.39 Å². The highest BCUT2D eigenvalue weighted by molar-refractivity contribution is 5.49. The molecular weight excluding hydrogens is 229 g/mol. The number of rotatable bonds is 4. The molecule has 0 bridgehead atoms. The van der Waals surface area contributed by atoms with E-state index in [9.17, 15) is 4.39 Å². The summed E-state index contributed by atoms with van der Waals surface area (Å²) in [5.74, 6) is 1.29. The summed E-state index contributed by atoms with van der Waals surface area (Å²) >= 11 is 0. The van der Waals surface area contributed by atoms with Crippen molar-refractivity contribution in [3.8, 4) is 0 Å². The van der Waals surface area contributed by atoms with Crippen LogP contribution < -0.4 is 10.2 Å². The summed E-state index contributed by atoms with van der Waals surface area (Å²) in [7, 11) is 1.87. The highest BCUT2D eigenvalue weighted by atomic mass is 19.1. The van der Waals surface area contributed by atoms with Gasteiger partial charge in [-0.05, 0) is 31.9 Å². The zero-order valence-electron chi connectivity index (χ0n) is 11.4. The Morgan fingerprint density at radius 1 is 1.56 bits per heavy atom. The first-order chi connectivity index (χ1) is 8.63. The van der Waals surface area contributed by atoms with Gasteiger partial charge in [0.1, 0.15) is 11.6 Å². The molecule has 4 heteroatoms. The lowest BCUT2D eigenvalue weighted by molar-refractivity contribution is 0.488. The quantitative estimate of drug-likeness (QED) is 0.891. The standard InChI is InChI=1S/C14H22FN3/c1-10(2)13-5-4-6-18(13)14-11(8-16-3)7-12(15)9-17-14/h7,9-10,13,16H,4-6,8H2,1-3H3. The molecule has 3 nitrogen and oxygen atoms in total. The maximum absolute atomic E-state index is 13.3. The van der Waals surface area contributed by atoms with Crippen molar-refractivity contribution in [1.29, 1.82) is 0 Å². The minimum Gasteiger partial charge on any atom is -0.353 e. The third kappa shape index (κ3) is 2.64. The number of pyridine rings is 1. The van der Waals surface area contributed by atoms with Crippen molar-refractivity contribution in [2.75, 3.05) is 18.5 Å². The predicted molar refractivity (Wildman–Crippen MR) is 72.2 cm³/mol. The number of aromatic nitrogens is 1. The van der Waals surface area contributed by atoms with E-state index in [0.717, 1.165) is 17.9 Å². The van der Waals surface area contributed by atoms with Crippen molar-refractivity contribution in [2.45, 2.75) is 39.3 Å². The van der Waals surface area contributed by atoms with Gasteiger partial charge < -0.3 is 10.2 Å². The molecule has 0 spiro atoms. The normalized spacial score (nSPS) is 19.8. The van der Waals surface area contributed by atoms with Crippen LogP contribution in [0.15, 0.2) is 12.3 Å². The van der Waals surface area contributed by atoms with Crippen molar-refractivity contribution in [2.24, 2.45) is 5.92 Å². The molecule has 0 radical (unpaired) electrons. The van der Waals surface area contributed by atoms with Crippen molar-refractivity contribution in [3.05, 3.63) is 23.6 Å². The molecule has 0 saturated carbocycles. The second kappa shape index (κ2) is 5.65. The van der Waals surface area contributed by atoms with E-state index in [-0.39, 0.29) is 5.82 Å². The van der Waals surface area contributed by atoms with Gasteiger partial charge in [-0.1, -0.05) is 13.8 Å². The molecule has 1 unspecified atom stereocenters. The minimum absolute atomic E-state index is 0.260. The van der Waals surface area contributed by atoms with Crippen LogP contribution >= 0.6 is 0 Å². The molecular formula is C14H22FN3. The Morgan fingerprint density at radius 3 is 3.00 bits per heavy atom. The summed E-state index contributed by atoms with van der Waals surface area (Å²) in [5.41, 5.74) is 0.949. The third-order valence-electron chi connectivity index (χ3n) is 3.62. The molecule has 2 rings (SSSR count). The molecule has 1 saturated heterocycles. The Balaban J connectivity index is 2.31. The number of nitrogens with zero attached hydrogens (tertiary/aromatic N) is 2. The lowest BCUT2D eigenvalue weighted by Crippen LogP contribution is -2.35. The number of nitrogens with one attached hydrogen (secondary N) is 1. The van der Waals surface area contributed by atoms with Crippen LogP contribution in [-0.4, -0.2) is 24.6 Å². The van der Waals surface area contributed by atoms with Crippen LogP contribution in [0.4, 0.5) is 10.2 Å². The first-order valence-corrected chi connectivity index (χ1v) is 6.69. The molecule has 1 N–H and O–H groups in total. The second-order valence-corrected chi connectivity index (χ2v) is 5.31. The van der Waals surface area contributed by atoms with Gasteiger partial charge in [0.15, 0.2) is 0 Å². The van der Waals surface area contributed by atoms with Gasteiger partial charge in [0, 0.05) is 24.7 Å². The molecule has 18 heavy (non-hydrogen) atoms. The van der Waals surface area contributed by atoms with Crippen molar-refractivity contribution in [1.82, 2.24) is 10.3 Å². The Hall–Kier alpha value is -1.16. The lowest BCUT2D eigenvalue weighted by atomic mass is 10.0. The molecule has 1 atom stereocenters. The maximum atomic E-state index is 13.3. The monoisotopic (exact) mass is 251 g/mol. The topological polar surface area (TPSA) is 28.2 Å². The smallest absolute Gasteiger partial charge is 0.141 e. The fourth-order valence-electron chi connectivity index (χ4n) is 2.80. The van der Waals surface area contributed by atoms with E-state index in [0.29, 0.717) is 18.5 Å². The van der Waals surface area contributed by atoms with Gasteiger partial charge in [-0.25, -0.2) is 9.37 Å². The summed E-state index contributed by atoms with van der Waals surface area (Å²) in [6.07, 6.45) is 3.72. The molecule has 100 valence electrons. The van der Waals surface area contributed by atoms with Gasteiger partial charge in [0.2, 0.25) is 0 Å². The highest BCUT2D eigenvalue weighted by Gasteiger charge is 2.29. The molecule has 1 aromatic rings. The molecule has 1 fully saturated rings. The summed E-state index contributed by atoms with van der Waals surface area (Å²) in [5, 5.41) is 3.09. The number of halogens is 1. The predicted octanol–water partition coefficient (Wildman–Crippen LogP) is 2.56. The first kappa shape index (κ1) is 13.3. The van der Waals surface area contributed by atoms with Gasteiger partial charge in [0.05, 0.1) is 6.20 Å². The summed E-state index contributed by atoms with van der Waals surface area (Å²) < 4.78 is 13.3. The lowest BCUT2D eigenvalue weighted by Gasteiger charge is -2.30. The van der Waals surface area contributed by atoms with E-state index < -0.39 is 0 Å². The van der Waals surface area contributed by atoms with Crippen LogP contribution in [0, 0.1) is 11.7 Å². The van der Waals surface area contributed by atoms with E-state index in [1.165, 1.54) is 19.0 Å². The van der Waals surface area contributed by atoms with Crippen LogP contribution in [0.2, 0.25) is 0 Å². The summed E-state index contributed by atoms with van der Waals surface area (Å²) in [6.45, 7) is 6.16. The van der Waals surface area contributed by atoms with E-state index in [4.69, 9.17) is 0 Å². The Morgan fingerprint density at radius 2 is 2.33 bits per heavy atom. The van der Waals surface area contributed by atoms with Crippen molar-refractivity contribution in [3.63, 3.8) is 0 Å². The van der Waals surface area contributed by atoms with E-state index in [1.54, 1.807) is 6.07 Å².